The van der Waals surface area contributed by atoms with Crippen LogP contribution >= 0.6 is 0 Å². The molecule has 0 bridgehead atoms. The summed E-state index contributed by atoms with van der Waals surface area (Å²) >= 11 is 0. The van der Waals surface area contributed by atoms with Gasteiger partial charge in [-0.05, 0) is 24.0 Å². The SMILES string of the molecule is CCC(CC(=O)O)c1cccnc1. The Bertz CT molecular complexity index is 272. The van der Waals surface area contributed by atoms with Gasteiger partial charge in [-0.3, -0.25) is 9.78 Å². The van der Waals surface area contributed by atoms with Crippen LogP contribution in [-0.4, -0.2) is 16.1 Å². The van der Waals surface area contributed by atoms with E-state index in [0.717, 1.165) is 12.0 Å². The summed E-state index contributed by atoms with van der Waals surface area (Å²) in [7, 11) is 0. The Kier molecular flexibility index (Phi) is 3.43. The predicted octanol–water partition coefficient (Wildman–Crippen LogP) is 2.05. The number of aromatic nitrogens is 1. The summed E-state index contributed by atoms with van der Waals surface area (Å²) in [5.74, 6) is -0.665. The van der Waals surface area contributed by atoms with Gasteiger partial charge in [0, 0.05) is 12.4 Å². The fourth-order valence-electron chi connectivity index (χ4n) is 1.33. The monoisotopic (exact) mass is 179 g/mol. The van der Waals surface area contributed by atoms with E-state index in [-0.39, 0.29) is 12.3 Å². The molecule has 0 saturated carbocycles. The molecule has 0 aliphatic heterocycles. The molecule has 70 valence electrons. The molecule has 3 nitrogen and oxygen atoms in total. The van der Waals surface area contributed by atoms with Crippen molar-refractivity contribution >= 4 is 5.97 Å². The molecule has 1 N–H and O–H groups in total. The highest BCUT2D eigenvalue weighted by molar-refractivity contribution is 5.67. The second kappa shape index (κ2) is 4.60. The molecule has 3 heteroatoms. The smallest absolute Gasteiger partial charge is 0.303 e. The zero-order chi connectivity index (χ0) is 9.68. The maximum absolute atomic E-state index is 10.5. The number of carboxylic acid groups (broad SMARTS) is 1. The van der Waals surface area contributed by atoms with Gasteiger partial charge < -0.3 is 5.11 Å². The van der Waals surface area contributed by atoms with Gasteiger partial charge in [-0.15, -0.1) is 0 Å². The summed E-state index contributed by atoms with van der Waals surface area (Å²) in [6.07, 6.45) is 4.44. The molecule has 1 aromatic rings. The summed E-state index contributed by atoms with van der Waals surface area (Å²) in [4.78, 5) is 14.5. The first kappa shape index (κ1) is 9.71. The van der Waals surface area contributed by atoms with Gasteiger partial charge in [0.2, 0.25) is 0 Å². The zero-order valence-electron chi connectivity index (χ0n) is 7.60. The molecule has 1 heterocycles. The van der Waals surface area contributed by atoms with Crippen LogP contribution in [0.3, 0.4) is 0 Å². The first-order valence-corrected chi connectivity index (χ1v) is 4.35. The normalized spacial score (nSPS) is 12.4. The third kappa shape index (κ3) is 2.86. The zero-order valence-corrected chi connectivity index (χ0v) is 7.60. The Morgan fingerprint density at radius 3 is 2.92 bits per heavy atom. The maximum Gasteiger partial charge on any atom is 0.303 e. The molecule has 1 atom stereocenters. The van der Waals surface area contributed by atoms with Crippen molar-refractivity contribution in [2.75, 3.05) is 0 Å². The molecular weight excluding hydrogens is 166 g/mol. The van der Waals surface area contributed by atoms with Crippen molar-refractivity contribution in [3.05, 3.63) is 30.1 Å². The van der Waals surface area contributed by atoms with Gasteiger partial charge in [0.25, 0.3) is 0 Å². The first-order valence-electron chi connectivity index (χ1n) is 4.35. The van der Waals surface area contributed by atoms with Crippen molar-refractivity contribution in [2.24, 2.45) is 0 Å². The minimum absolute atomic E-state index is 0.0891. The molecular formula is C10H13NO2. The van der Waals surface area contributed by atoms with Crippen LogP contribution in [0.5, 0.6) is 0 Å². The Morgan fingerprint density at radius 1 is 1.69 bits per heavy atom. The average Bonchev–Trinajstić information content (AvgIpc) is 2.15. The average molecular weight is 179 g/mol. The summed E-state index contributed by atoms with van der Waals surface area (Å²) in [5.41, 5.74) is 1.01. The highest BCUT2D eigenvalue weighted by atomic mass is 16.4. The van der Waals surface area contributed by atoms with Crippen LogP contribution in [0.4, 0.5) is 0 Å². The Hall–Kier alpha value is -1.38. The van der Waals surface area contributed by atoms with Crippen LogP contribution in [-0.2, 0) is 4.79 Å². The van der Waals surface area contributed by atoms with E-state index in [2.05, 4.69) is 4.98 Å². The summed E-state index contributed by atoms with van der Waals surface area (Å²) in [5, 5.41) is 8.66. The molecule has 0 spiro atoms. The van der Waals surface area contributed by atoms with Gasteiger partial charge in [-0.2, -0.15) is 0 Å². The fourth-order valence-corrected chi connectivity index (χ4v) is 1.33. The number of rotatable bonds is 4. The van der Waals surface area contributed by atoms with Crippen molar-refractivity contribution in [3.8, 4) is 0 Å². The lowest BCUT2D eigenvalue weighted by molar-refractivity contribution is -0.137. The van der Waals surface area contributed by atoms with E-state index in [1.165, 1.54) is 0 Å². The van der Waals surface area contributed by atoms with Gasteiger partial charge in [0.1, 0.15) is 0 Å². The highest BCUT2D eigenvalue weighted by Gasteiger charge is 2.12. The number of pyridine rings is 1. The van der Waals surface area contributed by atoms with Gasteiger partial charge in [0.05, 0.1) is 6.42 Å². The Morgan fingerprint density at radius 2 is 2.46 bits per heavy atom. The first-order chi connectivity index (χ1) is 6.24. The van der Waals surface area contributed by atoms with Crippen LogP contribution in [0.2, 0.25) is 0 Å². The molecule has 0 radical (unpaired) electrons. The van der Waals surface area contributed by atoms with Crippen LogP contribution in [0.25, 0.3) is 0 Å². The molecule has 13 heavy (non-hydrogen) atoms. The molecule has 1 unspecified atom stereocenters. The van der Waals surface area contributed by atoms with E-state index in [1.807, 2.05) is 19.1 Å². The van der Waals surface area contributed by atoms with Crippen LogP contribution in [0.15, 0.2) is 24.5 Å². The number of hydrogen-bond donors (Lipinski definition) is 1. The summed E-state index contributed by atoms with van der Waals surface area (Å²) in [6.45, 7) is 1.99. The molecule has 0 aliphatic rings. The van der Waals surface area contributed by atoms with Gasteiger partial charge >= 0.3 is 5.97 Å². The predicted molar refractivity (Wildman–Crippen MR) is 49.5 cm³/mol. The third-order valence-electron chi connectivity index (χ3n) is 2.07. The maximum atomic E-state index is 10.5. The van der Waals surface area contributed by atoms with Gasteiger partial charge in [0.15, 0.2) is 0 Å². The fraction of sp³-hybridized carbons (Fsp3) is 0.400. The minimum Gasteiger partial charge on any atom is -0.481 e. The lowest BCUT2D eigenvalue weighted by atomic mass is 9.95. The number of nitrogens with zero attached hydrogens (tertiary/aromatic N) is 1. The second-order valence-electron chi connectivity index (χ2n) is 2.99. The lowest BCUT2D eigenvalue weighted by Gasteiger charge is -2.11. The van der Waals surface area contributed by atoms with E-state index in [0.29, 0.717) is 0 Å². The van der Waals surface area contributed by atoms with Crippen LogP contribution in [0, 0.1) is 0 Å². The van der Waals surface area contributed by atoms with Crippen molar-refractivity contribution in [1.82, 2.24) is 4.98 Å². The topological polar surface area (TPSA) is 50.2 Å². The van der Waals surface area contributed by atoms with Crippen LogP contribution in [0.1, 0.15) is 31.2 Å². The molecule has 0 aliphatic carbocycles. The highest BCUT2D eigenvalue weighted by Crippen LogP contribution is 2.21. The number of carboxylic acids is 1. The molecule has 1 rings (SSSR count). The molecule has 0 amide bonds. The standard InChI is InChI=1S/C10H13NO2/c1-2-8(6-10(12)13)9-4-3-5-11-7-9/h3-5,7-8H,2,6H2,1H3,(H,12,13). The molecule has 0 fully saturated rings. The van der Waals surface area contributed by atoms with E-state index in [1.54, 1.807) is 12.4 Å². The lowest BCUT2D eigenvalue weighted by Crippen LogP contribution is -2.05. The van der Waals surface area contributed by atoms with Crippen LogP contribution < -0.4 is 0 Å². The molecule has 0 aromatic carbocycles. The third-order valence-corrected chi connectivity index (χ3v) is 2.07. The van der Waals surface area contributed by atoms with Crippen molar-refractivity contribution in [2.45, 2.75) is 25.7 Å². The van der Waals surface area contributed by atoms with Crippen molar-refractivity contribution in [1.29, 1.82) is 0 Å². The van der Waals surface area contributed by atoms with E-state index >= 15 is 0 Å². The van der Waals surface area contributed by atoms with Crippen molar-refractivity contribution in [3.63, 3.8) is 0 Å². The largest absolute Gasteiger partial charge is 0.481 e. The van der Waals surface area contributed by atoms with Gasteiger partial charge in [-0.1, -0.05) is 13.0 Å². The van der Waals surface area contributed by atoms with E-state index < -0.39 is 5.97 Å². The molecule has 0 saturated heterocycles. The number of carbonyl (C=O) groups is 1. The van der Waals surface area contributed by atoms with Crippen molar-refractivity contribution < 1.29 is 9.90 Å². The summed E-state index contributed by atoms with van der Waals surface area (Å²) in [6, 6.07) is 3.75. The second-order valence-corrected chi connectivity index (χ2v) is 2.99. The quantitative estimate of drug-likeness (QED) is 0.769. The molecule has 1 aromatic heterocycles. The summed E-state index contributed by atoms with van der Waals surface area (Å²) < 4.78 is 0. The van der Waals surface area contributed by atoms with Gasteiger partial charge in [-0.25, -0.2) is 0 Å². The van der Waals surface area contributed by atoms with E-state index in [4.69, 9.17) is 5.11 Å². The Balaban J connectivity index is 2.73. The number of hydrogen-bond acceptors (Lipinski definition) is 2. The minimum atomic E-state index is -0.754. The number of aliphatic carboxylic acids is 1. The van der Waals surface area contributed by atoms with E-state index in [9.17, 15) is 4.79 Å². The Labute approximate surface area is 77.4 Å².